The van der Waals surface area contributed by atoms with Crippen molar-refractivity contribution in [3.63, 3.8) is 0 Å². The fourth-order valence-corrected chi connectivity index (χ4v) is 5.32. The van der Waals surface area contributed by atoms with Crippen LogP contribution in [0.2, 0.25) is 0 Å². The smallest absolute Gasteiger partial charge is 0.0912 e. The molecule has 0 saturated carbocycles. The summed E-state index contributed by atoms with van der Waals surface area (Å²) in [6, 6.07) is 14.0. The van der Waals surface area contributed by atoms with Gasteiger partial charge in [-0.3, -0.25) is 5.12 Å². The van der Waals surface area contributed by atoms with E-state index in [1.165, 1.54) is 51.5 Å². The zero-order valence-electron chi connectivity index (χ0n) is 18.4. The molecule has 3 heteroatoms. The van der Waals surface area contributed by atoms with E-state index in [-0.39, 0.29) is 10.8 Å². The van der Waals surface area contributed by atoms with Gasteiger partial charge in [-0.05, 0) is 58.7 Å². The van der Waals surface area contributed by atoms with Gasteiger partial charge in [-0.15, -0.1) is 0 Å². The molecule has 1 aliphatic carbocycles. The molecule has 1 atom stereocenters. The monoisotopic (exact) mass is 377 g/mol. The van der Waals surface area contributed by atoms with Gasteiger partial charge < -0.3 is 5.43 Å². The molecule has 0 spiro atoms. The summed E-state index contributed by atoms with van der Waals surface area (Å²) in [5.41, 5.74) is 13.6. The van der Waals surface area contributed by atoms with Crippen LogP contribution in [-0.2, 0) is 10.8 Å². The van der Waals surface area contributed by atoms with Crippen LogP contribution in [0.3, 0.4) is 0 Å². The van der Waals surface area contributed by atoms with Crippen LogP contribution < -0.4 is 10.1 Å². The van der Waals surface area contributed by atoms with Crippen molar-refractivity contribution in [2.45, 2.75) is 65.2 Å². The average Bonchev–Trinajstić information content (AvgIpc) is 3.23. The van der Waals surface area contributed by atoms with E-state index in [9.17, 15) is 0 Å². The normalized spacial score (nSPS) is 20.4. The summed E-state index contributed by atoms with van der Waals surface area (Å²) in [5.74, 6) is 0. The van der Waals surface area contributed by atoms with Crippen molar-refractivity contribution in [1.82, 2.24) is 0 Å². The van der Waals surface area contributed by atoms with Gasteiger partial charge >= 0.3 is 0 Å². The van der Waals surface area contributed by atoms with Gasteiger partial charge in [-0.25, -0.2) is 5.01 Å². The molecule has 0 aromatic heterocycles. The minimum absolute atomic E-state index is 0.0390. The fraction of sp³-hybridized carbons (Fsp3) is 0.520. The summed E-state index contributed by atoms with van der Waals surface area (Å²) in [6.45, 7) is 17.0. The molecule has 0 radical (unpaired) electrons. The number of quaternary nitrogens is 1. The van der Waals surface area contributed by atoms with Crippen molar-refractivity contribution in [1.29, 1.82) is 0 Å². The molecular formula is C25H35N3. The van der Waals surface area contributed by atoms with Gasteiger partial charge in [-0.2, -0.15) is 0 Å². The van der Waals surface area contributed by atoms with Crippen LogP contribution in [0, 0.1) is 0 Å². The molecule has 28 heavy (non-hydrogen) atoms. The molecular weight excluding hydrogens is 342 g/mol. The Morgan fingerprint density at radius 2 is 1.82 bits per heavy atom. The molecule has 4 rings (SSSR count). The highest BCUT2D eigenvalue weighted by Crippen LogP contribution is 2.51. The molecule has 1 unspecified atom stereocenters. The first-order valence-electron chi connectivity index (χ1n) is 10.9. The maximum Gasteiger partial charge on any atom is 0.0912 e. The fourth-order valence-electron chi connectivity index (χ4n) is 5.32. The number of hydrogen-bond acceptors (Lipinski definition) is 1. The Balaban J connectivity index is 1.96. The summed E-state index contributed by atoms with van der Waals surface area (Å²) >= 11 is 0. The van der Waals surface area contributed by atoms with Crippen molar-refractivity contribution in [2.75, 3.05) is 24.6 Å². The third-order valence-corrected chi connectivity index (χ3v) is 6.84. The first-order chi connectivity index (χ1) is 13.3. The highest BCUT2D eigenvalue weighted by Gasteiger charge is 2.39. The lowest BCUT2D eigenvalue weighted by molar-refractivity contribution is -0.859. The van der Waals surface area contributed by atoms with Crippen molar-refractivity contribution in [3.8, 4) is 11.1 Å². The van der Waals surface area contributed by atoms with Gasteiger partial charge in [0.15, 0.2) is 0 Å². The van der Waals surface area contributed by atoms with Crippen LogP contribution in [0.5, 0.6) is 0 Å². The Hall–Kier alpha value is -1.84. The van der Waals surface area contributed by atoms with Crippen LogP contribution in [0.25, 0.3) is 16.6 Å². The predicted molar refractivity (Wildman–Crippen MR) is 119 cm³/mol. The first-order valence-corrected chi connectivity index (χ1v) is 10.9. The highest BCUT2D eigenvalue weighted by molar-refractivity contribution is 5.84. The van der Waals surface area contributed by atoms with Gasteiger partial charge in [0, 0.05) is 5.41 Å². The van der Waals surface area contributed by atoms with Gasteiger partial charge in [-0.1, -0.05) is 71.8 Å². The number of nitrogens with zero attached hydrogens (tertiary/aromatic N) is 2. The van der Waals surface area contributed by atoms with E-state index in [4.69, 9.17) is 5.43 Å². The lowest BCUT2D eigenvalue weighted by Crippen LogP contribution is -3.13. The molecule has 2 aromatic rings. The lowest BCUT2D eigenvalue weighted by atomic mass is 9.76. The van der Waals surface area contributed by atoms with E-state index < -0.39 is 0 Å². The molecule has 0 bridgehead atoms. The molecule has 3 nitrogen and oxygen atoms in total. The maximum atomic E-state index is 4.79. The summed E-state index contributed by atoms with van der Waals surface area (Å²) in [6.07, 6.45) is 2.39. The van der Waals surface area contributed by atoms with Crippen LogP contribution >= 0.6 is 0 Å². The lowest BCUT2D eigenvalue weighted by Gasteiger charge is -2.37. The second-order valence-corrected chi connectivity index (χ2v) is 9.52. The van der Waals surface area contributed by atoms with Gasteiger partial charge in [0.25, 0.3) is 0 Å². The van der Waals surface area contributed by atoms with E-state index in [1.807, 2.05) is 0 Å². The van der Waals surface area contributed by atoms with Crippen molar-refractivity contribution in [2.24, 2.45) is 0 Å². The quantitative estimate of drug-likeness (QED) is 0.778. The number of hydrogen-bond donors (Lipinski definition) is 1. The van der Waals surface area contributed by atoms with E-state index >= 15 is 0 Å². The summed E-state index contributed by atoms with van der Waals surface area (Å²) < 4.78 is 0. The number of rotatable bonds is 5. The second kappa shape index (κ2) is 6.89. The van der Waals surface area contributed by atoms with Crippen LogP contribution in [0.1, 0.15) is 71.1 Å². The molecule has 1 N–H and O–H groups in total. The third kappa shape index (κ3) is 2.87. The van der Waals surface area contributed by atoms with Crippen molar-refractivity contribution in [3.05, 3.63) is 58.5 Å². The Morgan fingerprint density at radius 1 is 1.07 bits per heavy atom. The number of benzene rings is 2. The summed E-state index contributed by atoms with van der Waals surface area (Å²) in [5, 5.41) is 3.73. The predicted octanol–water partition coefficient (Wildman–Crippen LogP) is 5.00. The first kappa shape index (κ1) is 19.5. The van der Waals surface area contributed by atoms with E-state index in [0.29, 0.717) is 0 Å². The summed E-state index contributed by atoms with van der Waals surface area (Å²) in [4.78, 5) is 0. The third-order valence-electron chi connectivity index (χ3n) is 6.84. The average molecular weight is 378 g/mol. The highest BCUT2D eigenvalue weighted by atomic mass is 15.8. The molecule has 2 aromatic carbocycles. The zero-order chi connectivity index (χ0) is 20.1. The number of nitrogens with one attached hydrogen (secondary N) is 1. The molecule has 0 amide bonds. The van der Waals surface area contributed by atoms with Crippen LogP contribution in [0.4, 0.5) is 5.69 Å². The maximum absolute atomic E-state index is 4.79. The second-order valence-electron chi connectivity index (χ2n) is 9.52. The Bertz CT molecular complexity index is 881. The molecule has 1 saturated heterocycles. The largest absolute Gasteiger partial charge is 0.426 e. The number of anilines is 1. The van der Waals surface area contributed by atoms with Gasteiger partial charge in [0.1, 0.15) is 0 Å². The molecule has 1 heterocycles. The molecule has 1 fully saturated rings. The van der Waals surface area contributed by atoms with E-state index in [1.54, 1.807) is 0 Å². The Morgan fingerprint density at radius 3 is 2.54 bits per heavy atom. The standard InChI is InChI=1S/C25H35N3/c1-7-13-24(3,4)22-16-19-18-11-9-10-12-20(18)25(5,6)21(19)17-23(22)27-15-14-26-28(27)8-2/h9-12,16-17,28H,7-8,13-15H2,1-6H3. The van der Waals surface area contributed by atoms with E-state index in [0.717, 1.165) is 19.6 Å². The Kier molecular flexibility index (Phi) is 4.79. The molecule has 1 aliphatic heterocycles. The molecule has 2 aliphatic rings. The van der Waals surface area contributed by atoms with Crippen molar-refractivity contribution < 1.29 is 5.12 Å². The topological polar surface area (TPSA) is 21.8 Å². The molecule has 150 valence electrons. The van der Waals surface area contributed by atoms with E-state index in [2.05, 4.69) is 82.9 Å². The SMILES string of the molecule is CCCC(C)(C)c1cc2c(cc1N1CC[N-][NH+]1CC)C(C)(C)c1ccccc1-2. The minimum atomic E-state index is 0.0390. The van der Waals surface area contributed by atoms with Crippen LogP contribution in [0.15, 0.2) is 36.4 Å². The van der Waals surface area contributed by atoms with Crippen LogP contribution in [-0.4, -0.2) is 19.6 Å². The minimum Gasteiger partial charge on any atom is -0.426 e. The van der Waals surface area contributed by atoms with Crippen molar-refractivity contribution >= 4 is 5.69 Å². The van der Waals surface area contributed by atoms with Gasteiger partial charge in [0.2, 0.25) is 0 Å². The number of fused-ring (bicyclic) bond motifs is 3. The summed E-state index contributed by atoms with van der Waals surface area (Å²) in [7, 11) is 0. The zero-order valence-corrected chi connectivity index (χ0v) is 18.4. The Labute approximate surface area is 170 Å². The van der Waals surface area contributed by atoms with Gasteiger partial charge in [0.05, 0.1) is 18.8 Å².